The summed E-state index contributed by atoms with van der Waals surface area (Å²) in [5.41, 5.74) is 1.27. The first-order valence-corrected chi connectivity index (χ1v) is 8.23. The van der Waals surface area contributed by atoms with E-state index in [0.717, 1.165) is 43.5 Å². The zero-order chi connectivity index (χ0) is 17.3. The van der Waals surface area contributed by atoms with Crippen molar-refractivity contribution in [2.45, 2.75) is 39.8 Å². The number of benzene rings is 1. The Morgan fingerprint density at radius 2 is 1.92 bits per heavy atom. The molecule has 138 valence electrons. The summed E-state index contributed by atoms with van der Waals surface area (Å²) in [4.78, 5) is 6.82. The number of methoxy groups -OCH3 is 1. The van der Waals surface area contributed by atoms with Crippen LogP contribution in [0, 0.1) is 0 Å². The van der Waals surface area contributed by atoms with E-state index in [-0.39, 0.29) is 29.5 Å². The predicted octanol–water partition coefficient (Wildman–Crippen LogP) is 3.10. The highest BCUT2D eigenvalue weighted by Gasteiger charge is 2.10. The van der Waals surface area contributed by atoms with Crippen molar-refractivity contribution in [3.05, 3.63) is 29.8 Å². The summed E-state index contributed by atoms with van der Waals surface area (Å²) in [6, 6.07) is 8.09. The second-order valence-corrected chi connectivity index (χ2v) is 6.58. The largest absolute Gasteiger partial charge is 0.496 e. The molecule has 0 aromatic heterocycles. The topological polar surface area (TPSA) is 48.9 Å². The number of aliphatic imine (C=N–C) groups is 1. The Kier molecular flexibility index (Phi) is 11.0. The summed E-state index contributed by atoms with van der Waals surface area (Å²) in [6.45, 7) is 11.8. The molecule has 0 aliphatic carbocycles. The van der Waals surface area contributed by atoms with Crippen LogP contribution in [0.5, 0.6) is 5.75 Å². The summed E-state index contributed by atoms with van der Waals surface area (Å²) < 4.78 is 5.42. The van der Waals surface area contributed by atoms with Crippen molar-refractivity contribution in [1.82, 2.24) is 15.5 Å². The first-order valence-electron chi connectivity index (χ1n) is 8.23. The molecule has 0 spiro atoms. The number of nitrogens with one attached hydrogen (secondary N) is 2. The molecule has 0 unspecified atom stereocenters. The number of hydrogen-bond acceptors (Lipinski definition) is 3. The van der Waals surface area contributed by atoms with Gasteiger partial charge in [0.15, 0.2) is 5.96 Å². The van der Waals surface area contributed by atoms with Gasteiger partial charge in [0.25, 0.3) is 0 Å². The molecule has 0 radical (unpaired) electrons. The summed E-state index contributed by atoms with van der Waals surface area (Å²) in [7, 11) is 3.75. The second-order valence-electron chi connectivity index (χ2n) is 6.58. The minimum absolute atomic E-state index is 0. The van der Waals surface area contributed by atoms with Crippen molar-refractivity contribution in [3.63, 3.8) is 0 Å². The number of hydrogen-bond donors (Lipinski definition) is 2. The van der Waals surface area contributed by atoms with Crippen LogP contribution in [0.25, 0.3) is 0 Å². The van der Waals surface area contributed by atoms with E-state index >= 15 is 0 Å². The van der Waals surface area contributed by atoms with Gasteiger partial charge in [0.1, 0.15) is 5.75 Å². The number of rotatable bonds is 7. The van der Waals surface area contributed by atoms with Crippen molar-refractivity contribution in [3.8, 4) is 5.75 Å². The quantitative estimate of drug-likeness (QED) is 0.291. The Labute approximate surface area is 164 Å². The Morgan fingerprint density at radius 1 is 1.25 bits per heavy atom. The molecular weight excluding hydrogens is 415 g/mol. The van der Waals surface area contributed by atoms with Crippen LogP contribution in [0.4, 0.5) is 0 Å². The molecule has 1 aromatic carbocycles. The third-order valence-corrected chi connectivity index (χ3v) is 3.33. The maximum absolute atomic E-state index is 5.42. The zero-order valence-electron chi connectivity index (χ0n) is 15.8. The molecule has 5 nitrogen and oxygen atoms in total. The van der Waals surface area contributed by atoms with Gasteiger partial charge >= 0.3 is 0 Å². The fourth-order valence-corrected chi connectivity index (χ4v) is 2.23. The van der Waals surface area contributed by atoms with Gasteiger partial charge in [0.05, 0.1) is 13.7 Å². The van der Waals surface area contributed by atoms with Gasteiger partial charge < -0.3 is 20.3 Å². The van der Waals surface area contributed by atoms with Crippen LogP contribution in [0.15, 0.2) is 29.3 Å². The van der Waals surface area contributed by atoms with Gasteiger partial charge in [0.2, 0.25) is 0 Å². The Bertz CT molecular complexity index is 500. The normalized spacial score (nSPS) is 11.7. The summed E-state index contributed by atoms with van der Waals surface area (Å²) in [5.74, 6) is 1.82. The maximum atomic E-state index is 5.42. The fourth-order valence-electron chi connectivity index (χ4n) is 2.23. The second kappa shape index (κ2) is 11.5. The molecule has 0 fully saturated rings. The van der Waals surface area contributed by atoms with Gasteiger partial charge in [0, 0.05) is 37.8 Å². The highest BCUT2D eigenvalue weighted by Crippen LogP contribution is 2.18. The van der Waals surface area contributed by atoms with Gasteiger partial charge in [-0.1, -0.05) is 18.2 Å². The van der Waals surface area contributed by atoms with Crippen molar-refractivity contribution < 1.29 is 4.74 Å². The molecule has 0 saturated carbocycles. The average Bonchev–Trinajstić information content (AvgIpc) is 2.49. The average molecular weight is 448 g/mol. The van der Waals surface area contributed by atoms with Crippen LogP contribution < -0.4 is 15.4 Å². The van der Waals surface area contributed by atoms with Crippen molar-refractivity contribution in [1.29, 1.82) is 0 Å². The van der Waals surface area contributed by atoms with Crippen molar-refractivity contribution in [2.24, 2.45) is 4.99 Å². The molecule has 2 N–H and O–H groups in total. The molecule has 0 aliphatic heterocycles. The van der Waals surface area contributed by atoms with Crippen LogP contribution in [0.3, 0.4) is 0 Å². The molecule has 0 aliphatic rings. The molecule has 1 aromatic rings. The summed E-state index contributed by atoms with van der Waals surface area (Å²) in [6.07, 6.45) is 0. The minimum atomic E-state index is 0. The molecule has 1 rings (SSSR count). The first kappa shape index (κ1) is 23.0. The molecule has 0 amide bonds. The number of nitrogens with zero attached hydrogens (tertiary/aromatic N) is 2. The number of halogens is 1. The minimum Gasteiger partial charge on any atom is -0.496 e. The molecular formula is C18H33IN4O. The Hall–Kier alpha value is -1.02. The van der Waals surface area contributed by atoms with E-state index in [0.29, 0.717) is 0 Å². The van der Waals surface area contributed by atoms with Gasteiger partial charge in [-0.3, -0.25) is 4.99 Å². The van der Waals surface area contributed by atoms with E-state index in [9.17, 15) is 0 Å². The van der Waals surface area contributed by atoms with Crippen LogP contribution in [-0.4, -0.2) is 50.2 Å². The maximum Gasteiger partial charge on any atom is 0.194 e. The van der Waals surface area contributed by atoms with E-state index in [1.807, 2.05) is 25.2 Å². The standard InChI is InChI=1S/C18H32N4O.HI/c1-7-19-17(20-12-13-21-18(2,3)4)22(5)14-15-10-8-9-11-16(15)23-6;/h8-11,21H,7,12-14H2,1-6H3,(H,19,20);1H. The lowest BCUT2D eigenvalue weighted by Crippen LogP contribution is -2.40. The molecule has 24 heavy (non-hydrogen) atoms. The third kappa shape index (κ3) is 8.73. The van der Waals surface area contributed by atoms with E-state index < -0.39 is 0 Å². The Morgan fingerprint density at radius 3 is 2.50 bits per heavy atom. The lowest BCUT2D eigenvalue weighted by Gasteiger charge is -2.24. The third-order valence-electron chi connectivity index (χ3n) is 3.33. The van der Waals surface area contributed by atoms with E-state index in [2.05, 4.69) is 49.3 Å². The molecule has 0 atom stereocenters. The predicted molar refractivity (Wildman–Crippen MR) is 114 cm³/mol. The van der Waals surface area contributed by atoms with E-state index in [1.165, 1.54) is 0 Å². The van der Waals surface area contributed by atoms with Crippen LogP contribution in [0.1, 0.15) is 33.3 Å². The van der Waals surface area contributed by atoms with E-state index in [4.69, 9.17) is 9.73 Å². The first-order chi connectivity index (χ1) is 10.9. The highest BCUT2D eigenvalue weighted by molar-refractivity contribution is 14.0. The Balaban J connectivity index is 0.00000529. The molecule has 0 bridgehead atoms. The SMILES string of the molecule is CCNC(=NCCNC(C)(C)C)N(C)Cc1ccccc1OC.I. The van der Waals surface area contributed by atoms with Crippen molar-refractivity contribution >= 4 is 29.9 Å². The number of ether oxygens (including phenoxy) is 1. The molecule has 0 saturated heterocycles. The van der Waals surface area contributed by atoms with Gasteiger partial charge in [-0.2, -0.15) is 0 Å². The van der Waals surface area contributed by atoms with Crippen LogP contribution in [-0.2, 0) is 6.54 Å². The fraction of sp³-hybridized carbons (Fsp3) is 0.611. The highest BCUT2D eigenvalue weighted by atomic mass is 127. The van der Waals surface area contributed by atoms with Gasteiger partial charge in [-0.05, 0) is 33.8 Å². The summed E-state index contributed by atoms with van der Waals surface area (Å²) in [5, 5.41) is 6.80. The molecule has 0 heterocycles. The number of guanidine groups is 1. The van der Waals surface area contributed by atoms with Gasteiger partial charge in [-0.25, -0.2) is 0 Å². The van der Waals surface area contributed by atoms with Gasteiger partial charge in [-0.15, -0.1) is 24.0 Å². The monoisotopic (exact) mass is 448 g/mol. The van der Waals surface area contributed by atoms with Crippen LogP contribution >= 0.6 is 24.0 Å². The lowest BCUT2D eigenvalue weighted by atomic mass is 10.1. The van der Waals surface area contributed by atoms with E-state index in [1.54, 1.807) is 7.11 Å². The summed E-state index contributed by atoms with van der Waals surface area (Å²) >= 11 is 0. The van der Waals surface area contributed by atoms with Crippen LogP contribution in [0.2, 0.25) is 0 Å². The molecule has 6 heteroatoms. The van der Waals surface area contributed by atoms with Crippen molar-refractivity contribution in [2.75, 3.05) is 33.8 Å². The zero-order valence-corrected chi connectivity index (χ0v) is 18.2. The smallest absolute Gasteiger partial charge is 0.194 e. The lowest BCUT2D eigenvalue weighted by molar-refractivity contribution is 0.395. The number of para-hydroxylation sites is 1.